The van der Waals surface area contributed by atoms with Gasteiger partial charge in [0.1, 0.15) is 5.75 Å². The van der Waals surface area contributed by atoms with E-state index in [0.29, 0.717) is 12.5 Å². The van der Waals surface area contributed by atoms with Crippen molar-refractivity contribution in [3.8, 4) is 5.75 Å². The van der Waals surface area contributed by atoms with Crippen molar-refractivity contribution in [3.05, 3.63) is 29.3 Å². The number of methoxy groups -OCH3 is 1. The summed E-state index contributed by atoms with van der Waals surface area (Å²) in [6.07, 6.45) is 1.98. The fourth-order valence-corrected chi connectivity index (χ4v) is 2.75. The molecule has 3 N–H and O–H groups in total. The first-order chi connectivity index (χ1) is 9.87. The molecule has 0 aliphatic rings. The molecule has 2 atom stereocenters. The van der Waals surface area contributed by atoms with Crippen LogP contribution in [0.25, 0.3) is 0 Å². The smallest absolute Gasteiger partial charge is 0.122 e. The van der Waals surface area contributed by atoms with Gasteiger partial charge >= 0.3 is 0 Å². The number of hydrogen-bond acceptors (Lipinski definition) is 3. The number of hydrogen-bond donors (Lipinski definition) is 2. The van der Waals surface area contributed by atoms with Crippen LogP contribution in [0.15, 0.2) is 18.2 Å². The number of rotatable bonds is 7. The van der Waals surface area contributed by atoms with Crippen molar-refractivity contribution < 1.29 is 9.84 Å². The summed E-state index contributed by atoms with van der Waals surface area (Å²) in [6, 6.07) is 6.47. The van der Waals surface area contributed by atoms with Crippen LogP contribution in [0.3, 0.4) is 0 Å². The second-order valence-electron chi connectivity index (χ2n) is 6.83. The summed E-state index contributed by atoms with van der Waals surface area (Å²) < 4.78 is 5.50. The Morgan fingerprint density at radius 2 is 1.95 bits per heavy atom. The molecule has 0 bridgehead atoms. The summed E-state index contributed by atoms with van der Waals surface area (Å²) >= 11 is 0. The van der Waals surface area contributed by atoms with Gasteiger partial charge in [-0.05, 0) is 53.8 Å². The molecule has 0 saturated heterocycles. The van der Waals surface area contributed by atoms with Crippen molar-refractivity contribution in [2.45, 2.75) is 51.9 Å². The normalized spacial score (nSPS) is 14.8. The lowest BCUT2D eigenvalue weighted by Gasteiger charge is -2.26. The first-order valence-electron chi connectivity index (χ1n) is 7.86. The third-order valence-electron chi connectivity index (χ3n) is 4.21. The summed E-state index contributed by atoms with van der Waals surface area (Å²) in [5.74, 6) is 1.55. The average molecular weight is 293 g/mol. The highest BCUT2D eigenvalue weighted by molar-refractivity contribution is 5.42. The third-order valence-corrected chi connectivity index (χ3v) is 4.21. The van der Waals surface area contributed by atoms with E-state index in [4.69, 9.17) is 10.5 Å². The molecule has 0 amide bonds. The third kappa shape index (κ3) is 4.72. The molecule has 120 valence electrons. The van der Waals surface area contributed by atoms with Crippen molar-refractivity contribution in [1.29, 1.82) is 0 Å². The SMILES string of the molecule is CCC(CC(CN)CO)c1ccc(OC)c(C(C)(C)C)c1. The predicted molar refractivity (Wildman–Crippen MR) is 89.0 cm³/mol. The minimum atomic E-state index is 0.0455. The molecule has 2 unspecified atom stereocenters. The first-order valence-corrected chi connectivity index (χ1v) is 7.86. The van der Waals surface area contributed by atoms with Gasteiger partial charge in [-0.3, -0.25) is 0 Å². The van der Waals surface area contributed by atoms with Crippen molar-refractivity contribution in [2.75, 3.05) is 20.3 Å². The van der Waals surface area contributed by atoms with Crippen molar-refractivity contribution in [3.63, 3.8) is 0 Å². The molecular weight excluding hydrogens is 262 g/mol. The lowest BCUT2D eigenvalue weighted by Crippen LogP contribution is -2.21. The summed E-state index contributed by atoms with van der Waals surface area (Å²) in [6.45, 7) is 9.49. The Hall–Kier alpha value is -1.06. The molecule has 0 saturated carbocycles. The second-order valence-corrected chi connectivity index (χ2v) is 6.83. The summed E-state index contributed by atoms with van der Waals surface area (Å²) in [5, 5.41) is 9.38. The Kier molecular flexibility index (Phi) is 6.69. The average Bonchev–Trinajstić information content (AvgIpc) is 2.47. The van der Waals surface area contributed by atoms with E-state index in [1.165, 1.54) is 11.1 Å². The lowest BCUT2D eigenvalue weighted by atomic mass is 9.81. The molecule has 21 heavy (non-hydrogen) atoms. The van der Waals surface area contributed by atoms with Gasteiger partial charge in [-0.25, -0.2) is 0 Å². The number of ether oxygens (including phenoxy) is 1. The van der Waals surface area contributed by atoms with Gasteiger partial charge in [-0.2, -0.15) is 0 Å². The zero-order valence-electron chi connectivity index (χ0n) is 14.1. The molecule has 0 fully saturated rings. The van der Waals surface area contributed by atoms with E-state index in [1.54, 1.807) is 7.11 Å². The minimum absolute atomic E-state index is 0.0455. The summed E-state index contributed by atoms with van der Waals surface area (Å²) in [7, 11) is 1.72. The van der Waals surface area contributed by atoms with Crippen LogP contribution in [-0.4, -0.2) is 25.4 Å². The molecule has 0 spiro atoms. The van der Waals surface area contributed by atoms with Crippen LogP contribution in [-0.2, 0) is 5.41 Å². The van der Waals surface area contributed by atoms with Gasteiger partial charge in [0.2, 0.25) is 0 Å². The van der Waals surface area contributed by atoms with E-state index in [0.717, 1.165) is 18.6 Å². The zero-order chi connectivity index (χ0) is 16.0. The highest BCUT2D eigenvalue weighted by Crippen LogP contribution is 2.36. The first kappa shape index (κ1) is 18.0. The fraction of sp³-hybridized carbons (Fsp3) is 0.667. The largest absolute Gasteiger partial charge is 0.496 e. The van der Waals surface area contributed by atoms with Crippen LogP contribution in [0.1, 0.15) is 57.6 Å². The van der Waals surface area contributed by atoms with E-state index in [9.17, 15) is 5.11 Å². The van der Waals surface area contributed by atoms with Gasteiger partial charge < -0.3 is 15.6 Å². The van der Waals surface area contributed by atoms with Crippen LogP contribution < -0.4 is 10.5 Å². The predicted octanol–water partition coefficient (Wildman–Crippen LogP) is 3.44. The Morgan fingerprint density at radius 1 is 1.29 bits per heavy atom. The maximum atomic E-state index is 9.38. The molecule has 0 aliphatic heterocycles. The van der Waals surface area contributed by atoms with Gasteiger partial charge in [0.15, 0.2) is 0 Å². The standard InChI is InChI=1S/C18H31NO2/c1-6-14(9-13(11-19)12-20)15-7-8-17(21-5)16(10-15)18(2,3)4/h7-8,10,13-14,20H,6,9,11-12,19H2,1-5H3. The minimum Gasteiger partial charge on any atom is -0.496 e. The molecule has 1 aromatic rings. The van der Waals surface area contributed by atoms with Gasteiger partial charge in [-0.15, -0.1) is 0 Å². The Balaban J connectivity index is 3.11. The van der Waals surface area contributed by atoms with Crippen LogP contribution in [0.2, 0.25) is 0 Å². The molecule has 0 aromatic heterocycles. The Bertz CT molecular complexity index is 433. The van der Waals surface area contributed by atoms with Gasteiger partial charge in [-0.1, -0.05) is 39.8 Å². The highest BCUT2D eigenvalue weighted by Gasteiger charge is 2.22. The quantitative estimate of drug-likeness (QED) is 0.809. The van der Waals surface area contributed by atoms with Crippen molar-refractivity contribution in [1.82, 2.24) is 0 Å². The molecule has 0 aliphatic carbocycles. The maximum Gasteiger partial charge on any atom is 0.122 e. The topological polar surface area (TPSA) is 55.5 Å². The van der Waals surface area contributed by atoms with E-state index < -0.39 is 0 Å². The van der Waals surface area contributed by atoms with Crippen LogP contribution in [0.4, 0.5) is 0 Å². The maximum absolute atomic E-state index is 9.38. The van der Waals surface area contributed by atoms with Crippen LogP contribution in [0.5, 0.6) is 5.75 Å². The van der Waals surface area contributed by atoms with Gasteiger partial charge in [0.05, 0.1) is 7.11 Å². The monoisotopic (exact) mass is 293 g/mol. The molecule has 3 heteroatoms. The van der Waals surface area contributed by atoms with Crippen LogP contribution in [0, 0.1) is 5.92 Å². The van der Waals surface area contributed by atoms with Crippen molar-refractivity contribution >= 4 is 0 Å². The molecule has 1 rings (SSSR count). The van der Waals surface area contributed by atoms with Gasteiger partial charge in [0, 0.05) is 6.61 Å². The number of benzene rings is 1. The molecular formula is C18H31NO2. The van der Waals surface area contributed by atoms with E-state index >= 15 is 0 Å². The van der Waals surface area contributed by atoms with E-state index in [-0.39, 0.29) is 17.9 Å². The molecule has 3 nitrogen and oxygen atoms in total. The van der Waals surface area contributed by atoms with Crippen molar-refractivity contribution in [2.24, 2.45) is 11.7 Å². The zero-order valence-corrected chi connectivity index (χ0v) is 14.1. The fourth-order valence-electron chi connectivity index (χ4n) is 2.75. The number of aliphatic hydroxyl groups excluding tert-OH is 1. The molecule has 1 aromatic carbocycles. The Morgan fingerprint density at radius 3 is 2.38 bits per heavy atom. The number of aliphatic hydroxyl groups is 1. The van der Waals surface area contributed by atoms with Gasteiger partial charge in [0.25, 0.3) is 0 Å². The Labute approximate surface area is 129 Å². The molecule has 0 heterocycles. The summed E-state index contributed by atoms with van der Waals surface area (Å²) in [4.78, 5) is 0. The number of nitrogens with two attached hydrogens (primary N) is 1. The highest BCUT2D eigenvalue weighted by atomic mass is 16.5. The van der Waals surface area contributed by atoms with Crippen LogP contribution >= 0.6 is 0 Å². The molecule has 0 radical (unpaired) electrons. The van der Waals surface area contributed by atoms with E-state index in [2.05, 4.69) is 45.9 Å². The lowest BCUT2D eigenvalue weighted by molar-refractivity contribution is 0.214. The van der Waals surface area contributed by atoms with E-state index in [1.807, 2.05) is 0 Å². The second kappa shape index (κ2) is 7.81. The summed E-state index contributed by atoms with van der Waals surface area (Å²) in [5.41, 5.74) is 8.32.